The fourth-order valence-electron chi connectivity index (χ4n) is 1.52. The molecule has 0 heterocycles. The molecule has 0 bridgehead atoms. The fourth-order valence-corrected chi connectivity index (χ4v) is 1.88. The summed E-state index contributed by atoms with van der Waals surface area (Å²) in [5.74, 6) is -0.265. The Morgan fingerprint density at radius 3 is 2.38 bits per heavy atom. The molecular formula is C13H10BrFO. The predicted octanol–water partition coefficient (Wildman–Crippen LogP) is 3.75. The molecule has 0 radical (unpaired) electrons. The summed E-state index contributed by atoms with van der Waals surface area (Å²) in [4.78, 5) is 0. The molecule has 0 fully saturated rings. The van der Waals surface area contributed by atoms with E-state index < -0.39 is 0 Å². The second-order valence-corrected chi connectivity index (χ2v) is 4.31. The van der Waals surface area contributed by atoms with Crippen LogP contribution in [0.4, 0.5) is 4.39 Å². The lowest BCUT2D eigenvalue weighted by Crippen LogP contribution is -1.87. The van der Waals surface area contributed by atoms with Crippen LogP contribution >= 0.6 is 15.9 Å². The first-order valence-corrected chi connectivity index (χ1v) is 5.66. The van der Waals surface area contributed by atoms with E-state index in [0.29, 0.717) is 10.0 Å². The van der Waals surface area contributed by atoms with Gasteiger partial charge in [0, 0.05) is 5.56 Å². The largest absolute Gasteiger partial charge is 0.392 e. The molecule has 0 amide bonds. The molecule has 82 valence electrons. The van der Waals surface area contributed by atoms with Gasteiger partial charge in [0.05, 0.1) is 11.1 Å². The van der Waals surface area contributed by atoms with Crippen LogP contribution in [-0.2, 0) is 6.61 Å². The van der Waals surface area contributed by atoms with E-state index in [9.17, 15) is 4.39 Å². The summed E-state index contributed by atoms with van der Waals surface area (Å²) in [6.45, 7) is 0.00124. The molecule has 16 heavy (non-hydrogen) atoms. The van der Waals surface area contributed by atoms with Crippen LogP contribution in [-0.4, -0.2) is 5.11 Å². The standard InChI is InChI=1S/C13H10BrFO/c14-12-3-1-2-11(13(12)15)10-6-4-9(8-16)5-7-10/h1-7,16H,8H2. The van der Waals surface area contributed by atoms with Crippen LogP contribution < -0.4 is 0 Å². The highest BCUT2D eigenvalue weighted by atomic mass is 79.9. The second-order valence-electron chi connectivity index (χ2n) is 3.46. The molecular weight excluding hydrogens is 271 g/mol. The van der Waals surface area contributed by atoms with Crippen molar-refractivity contribution in [3.63, 3.8) is 0 Å². The molecule has 0 unspecified atom stereocenters. The van der Waals surface area contributed by atoms with E-state index in [2.05, 4.69) is 15.9 Å². The van der Waals surface area contributed by atoms with Crippen molar-refractivity contribution in [2.24, 2.45) is 0 Å². The molecule has 0 atom stereocenters. The highest BCUT2D eigenvalue weighted by molar-refractivity contribution is 9.10. The number of hydrogen-bond donors (Lipinski definition) is 1. The van der Waals surface area contributed by atoms with Crippen molar-refractivity contribution in [1.29, 1.82) is 0 Å². The van der Waals surface area contributed by atoms with Gasteiger partial charge >= 0.3 is 0 Å². The van der Waals surface area contributed by atoms with E-state index >= 15 is 0 Å². The highest BCUT2D eigenvalue weighted by Gasteiger charge is 2.07. The average Bonchev–Trinajstić information content (AvgIpc) is 2.33. The summed E-state index contributed by atoms with van der Waals surface area (Å²) in [5.41, 5.74) is 2.18. The first kappa shape index (κ1) is 11.3. The second kappa shape index (κ2) is 4.76. The first-order chi connectivity index (χ1) is 7.72. The Bertz CT molecular complexity index is 494. The minimum Gasteiger partial charge on any atom is -0.392 e. The number of rotatable bonds is 2. The van der Waals surface area contributed by atoms with E-state index in [4.69, 9.17) is 5.11 Å². The Hall–Kier alpha value is -1.19. The van der Waals surface area contributed by atoms with E-state index in [1.165, 1.54) is 0 Å². The third-order valence-electron chi connectivity index (χ3n) is 2.40. The zero-order chi connectivity index (χ0) is 11.5. The monoisotopic (exact) mass is 280 g/mol. The van der Waals surface area contributed by atoms with Crippen LogP contribution in [0.3, 0.4) is 0 Å². The topological polar surface area (TPSA) is 20.2 Å². The zero-order valence-electron chi connectivity index (χ0n) is 8.45. The summed E-state index contributed by atoms with van der Waals surface area (Å²) >= 11 is 3.16. The molecule has 0 aliphatic heterocycles. The fraction of sp³-hybridized carbons (Fsp3) is 0.0769. The predicted molar refractivity (Wildman–Crippen MR) is 65.5 cm³/mol. The maximum atomic E-state index is 13.8. The van der Waals surface area contributed by atoms with Crippen LogP contribution in [0, 0.1) is 5.82 Å². The van der Waals surface area contributed by atoms with Crippen molar-refractivity contribution in [3.8, 4) is 11.1 Å². The lowest BCUT2D eigenvalue weighted by molar-refractivity contribution is 0.282. The average molecular weight is 281 g/mol. The number of halogens is 2. The molecule has 0 aliphatic rings. The summed E-state index contributed by atoms with van der Waals surface area (Å²) < 4.78 is 14.2. The summed E-state index contributed by atoms with van der Waals surface area (Å²) in [5, 5.41) is 8.92. The van der Waals surface area contributed by atoms with Crippen LogP contribution in [0.5, 0.6) is 0 Å². The van der Waals surface area contributed by atoms with Crippen LogP contribution in [0.1, 0.15) is 5.56 Å². The van der Waals surface area contributed by atoms with E-state index in [1.807, 2.05) is 0 Å². The Morgan fingerprint density at radius 2 is 1.75 bits per heavy atom. The van der Waals surface area contributed by atoms with Crippen LogP contribution in [0.25, 0.3) is 11.1 Å². The molecule has 2 rings (SSSR count). The molecule has 1 N–H and O–H groups in total. The minimum absolute atomic E-state index is 0.00124. The van der Waals surface area contributed by atoms with E-state index in [1.54, 1.807) is 42.5 Å². The molecule has 2 aromatic carbocycles. The SMILES string of the molecule is OCc1ccc(-c2cccc(Br)c2F)cc1. The van der Waals surface area contributed by atoms with Crippen LogP contribution in [0.2, 0.25) is 0 Å². The lowest BCUT2D eigenvalue weighted by atomic mass is 10.0. The van der Waals surface area contributed by atoms with Gasteiger partial charge in [-0.15, -0.1) is 0 Å². The maximum Gasteiger partial charge on any atom is 0.145 e. The molecule has 2 aromatic rings. The van der Waals surface area contributed by atoms with Gasteiger partial charge in [-0.3, -0.25) is 0 Å². The maximum absolute atomic E-state index is 13.8. The quantitative estimate of drug-likeness (QED) is 0.888. The smallest absolute Gasteiger partial charge is 0.145 e. The third-order valence-corrected chi connectivity index (χ3v) is 3.01. The molecule has 1 nitrogen and oxygen atoms in total. The molecule has 0 aliphatic carbocycles. The van der Waals surface area contributed by atoms with Crippen molar-refractivity contribution in [2.45, 2.75) is 6.61 Å². The first-order valence-electron chi connectivity index (χ1n) is 4.86. The number of hydrogen-bond acceptors (Lipinski definition) is 1. The van der Waals surface area contributed by atoms with Crippen molar-refractivity contribution in [1.82, 2.24) is 0 Å². The van der Waals surface area contributed by atoms with Gasteiger partial charge in [0.1, 0.15) is 5.82 Å². The molecule has 0 saturated heterocycles. The van der Waals surface area contributed by atoms with Gasteiger partial charge in [0.25, 0.3) is 0 Å². The van der Waals surface area contributed by atoms with Crippen LogP contribution in [0.15, 0.2) is 46.9 Å². The highest BCUT2D eigenvalue weighted by Crippen LogP contribution is 2.27. The van der Waals surface area contributed by atoms with E-state index in [-0.39, 0.29) is 12.4 Å². The van der Waals surface area contributed by atoms with Crippen molar-refractivity contribution in [2.75, 3.05) is 0 Å². The van der Waals surface area contributed by atoms with Crippen molar-refractivity contribution < 1.29 is 9.50 Å². The van der Waals surface area contributed by atoms with Gasteiger partial charge in [-0.2, -0.15) is 0 Å². The third kappa shape index (κ3) is 2.15. The molecule has 0 spiro atoms. The number of aliphatic hydroxyl groups is 1. The summed E-state index contributed by atoms with van der Waals surface area (Å²) in [7, 11) is 0. The summed E-state index contributed by atoms with van der Waals surface area (Å²) in [6, 6.07) is 12.4. The Balaban J connectivity index is 2.46. The molecule has 3 heteroatoms. The van der Waals surface area contributed by atoms with Crippen molar-refractivity contribution >= 4 is 15.9 Å². The zero-order valence-corrected chi connectivity index (χ0v) is 10.0. The molecule has 0 saturated carbocycles. The normalized spacial score (nSPS) is 10.4. The lowest BCUT2D eigenvalue weighted by Gasteiger charge is -2.05. The Kier molecular flexibility index (Phi) is 3.36. The molecule has 0 aromatic heterocycles. The van der Waals surface area contributed by atoms with Gasteiger partial charge < -0.3 is 5.11 Å². The van der Waals surface area contributed by atoms with Gasteiger partial charge in [-0.05, 0) is 33.1 Å². The number of aliphatic hydroxyl groups excluding tert-OH is 1. The Morgan fingerprint density at radius 1 is 1.06 bits per heavy atom. The van der Waals surface area contributed by atoms with Gasteiger partial charge in [-0.1, -0.05) is 36.4 Å². The van der Waals surface area contributed by atoms with Gasteiger partial charge in [0.2, 0.25) is 0 Å². The minimum atomic E-state index is -0.265. The van der Waals surface area contributed by atoms with Crippen molar-refractivity contribution in [3.05, 3.63) is 58.3 Å². The Labute approximate surface area is 102 Å². The van der Waals surface area contributed by atoms with Gasteiger partial charge in [-0.25, -0.2) is 4.39 Å². The van der Waals surface area contributed by atoms with E-state index in [0.717, 1.165) is 11.1 Å². The number of benzene rings is 2. The van der Waals surface area contributed by atoms with Gasteiger partial charge in [0.15, 0.2) is 0 Å². The summed E-state index contributed by atoms with van der Waals surface area (Å²) in [6.07, 6.45) is 0.